The molecular formula is C29H32N8O3. The molecule has 0 radical (unpaired) electrons. The molecule has 11 nitrogen and oxygen atoms in total. The number of amides is 1. The van der Waals surface area contributed by atoms with Gasteiger partial charge in [0, 0.05) is 55.2 Å². The molecule has 0 aliphatic carbocycles. The number of esters is 1. The zero-order valence-corrected chi connectivity index (χ0v) is 22.8. The number of benzene rings is 2. The van der Waals surface area contributed by atoms with E-state index in [4.69, 9.17) is 9.72 Å². The number of nitrogens with zero attached hydrogens (tertiary/aromatic N) is 6. The highest BCUT2D eigenvalue weighted by molar-refractivity contribution is 5.97. The quantitative estimate of drug-likeness (QED) is 0.353. The van der Waals surface area contributed by atoms with Crippen molar-refractivity contribution in [3.63, 3.8) is 0 Å². The summed E-state index contributed by atoms with van der Waals surface area (Å²) in [5.41, 5.74) is 7.14. The van der Waals surface area contributed by atoms with Crippen LogP contribution in [0, 0.1) is 19.8 Å². The highest BCUT2D eigenvalue weighted by atomic mass is 16.5. The highest BCUT2D eigenvalue weighted by Crippen LogP contribution is 2.32. The van der Waals surface area contributed by atoms with Crippen molar-refractivity contribution in [2.75, 3.05) is 25.0 Å². The second kappa shape index (κ2) is 10.6. The summed E-state index contributed by atoms with van der Waals surface area (Å²) in [6, 6.07) is 11.4. The van der Waals surface area contributed by atoms with Gasteiger partial charge in [0.1, 0.15) is 11.0 Å². The van der Waals surface area contributed by atoms with Gasteiger partial charge in [0.2, 0.25) is 5.95 Å². The molecule has 2 aromatic heterocycles. The van der Waals surface area contributed by atoms with E-state index in [0.29, 0.717) is 48.6 Å². The predicted molar refractivity (Wildman–Crippen MR) is 149 cm³/mol. The number of likely N-dealkylation sites (tertiary alicyclic amines) is 1. The van der Waals surface area contributed by atoms with E-state index in [-0.39, 0.29) is 31.1 Å². The van der Waals surface area contributed by atoms with Gasteiger partial charge in [-0.1, -0.05) is 6.07 Å². The number of ether oxygens (including phenoxy) is 1. The maximum atomic E-state index is 13.4. The Morgan fingerprint density at radius 2 is 1.88 bits per heavy atom. The van der Waals surface area contributed by atoms with Gasteiger partial charge in [-0.15, -0.1) is 0 Å². The molecule has 6 rings (SSSR count). The summed E-state index contributed by atoms with van der Waals surface area (Å²) in [7, 11) is 0. The Morgan fingerprint density at radius 1 is 1.07 bits per heavy atom. The molecule has 1 amide bonds. The average Bonchev–Trinajstić information content (AvgIpc) is 3.58. The average molecular weight is 541 g/mol. The number of H-pyrrole nitrogens is 1. The van der Waals surface area contributed by atoms with E-state index < -0.39 is 5.92 Å². The Morgan fingerprint density at radius 3 is 2.67 bits per heavy atom. The summed E-state index contributed by atoms with van der Waals surface area (Å²) in [6.45, 7) is 8.30. The van der Waals surface area contributed by atoms with E-state index in [9.17, 15) is 9.59 Å². The Kier molecular flexibility index (Phi) is 6.89. The first-order chi connectivity index (χ1) is 19.4. The van der Waals surface area contributed by atoms with Crippen molar-refractivity contribution in [1.82, 2.24) is 35.2 Å². The second-order valence-electron chi connectivity index (χ2n) is 10.6. The van der Waals surface area contributed by atoms with Gasteiger partial charge >= 0.3 is 5.97 Å². The molecule has 1 saturated heterocycles. The molecule has 206 valence electrons. The van der Waals surface area contributed by atoms with Crippen LogP contribution in [0.2, 0.25) is 0 Å². The van der Waals surface area contributed by atoms with Crippen LogP contribution in [-0.2, 0) is 22.6 Å². The predicted octanol–water partition coefficient (Wildman–Crippen LogP) is 3.52. The zero-order valence-electron chi connectivity index (χ0n) is 22.8. The van der Waals surface area contributed by atoms with E-state index >= 15 is 0 Å². The Hall–Kier alpha value is -4.38. The van der Waals surface area contributed by atoms with Crippen LogP contribution in [0.25, 0.3) is 11.0 Å². The van der Waals surface area contributed by atoms with Gasteiger partial charge in [-0.05, 0) is 68.7 Å². The van der Waals surface area contributed by atoms with E-state index in [0.717, 1.165) is 16.9 Å². The molecule has 0 spiro atoms. The first-order valence-electron chi connectivity index (χ1n) is 13.6. The van der Waals surface area contributed by atoms with E-state index in [1.165, 1.54) is 11.1 Å². The van der Waals surface area contributed by atoms with Crippen LogP contribution in [0.4, 0.5) is 11.6 Å². The van der Waals surface area contributed by atoms with Crippen LogP contribution in [0.5, 0.6) is 0 Å². The number of carbonyl (C=O) groups excluding carboxylic acids is 2. The van der Waals surface area contributed by atoms with Crippen LogP contribution < -0.4 is 5.32 Å². The van der Waals surface area contributed by atoms with Gasteiger partial charge in [0.25, 0.3) is 5.91 Å². The van der Waals surface area contributed by atoms with Crippen LogP contribution in [-0.4, -0.2) is 72.8 Å². The zero-order chi connectivity index (χ0) is 27.8. The Bertz CT molecular complexity index is 1560. The third kappa shape index (κ3) is 5.12. The molecule has 0 saturated carbocycles. The summed E-state index contributed by atoms with van der Waals surface area (Å²) in [6.07, 6.45) is 2.52. The van der Waals surface area contributed by atoms with Gasteiger partial charge in [0.15, 0.2) is 0 Å². The number of anilines is 2. The number of hydrogen-bond acceptors (Lipinski definition) is 9. The molecule has 0 bridgehead atoms. The van der Waals surface area contributed by atoms with Gasteiger partial charge in [-0.25, -0.2) is 9.97 Å². The molecule has 40 heavy (non-hydrogen) atoms. The maximum Gasteiger partial charge on any atom is 0.312 e. The molecule has 1 fully saturated rings. The monoisotopic (exact) mass is 540 g/mol. The van der Waals surface area contributed by atoms with Crippen LogP contribution in [0.15, 0.2) is 42.6 Å². The summed E-state index contributed by atoms with van der Waals surface area (Å²) < 4.78 is 5.47. The van der Waals surface area contributed by atoms with Crippen molar-refractivity contribution in [3.8, 4) is 0 Å². The van der Waals surface area contributed by atoms with Gasteiger partial charge < -0.3 is 15.0 Å². The third-order valence-electron chi connectivity index (χ3n) is 7.64. The normalized spacial score (nSPS) is 19.0. The first-order valence-corrected chi connectivity index (χ1v) is 13.6. The Balaban J connectivity index is 1.18. The molecule has 2 N–H and O–H groups in total. The van der Waals surface area contributed by atoms with Crippen molar-refractivity contribution < 1.29 is 14.3 Å². The molecule has 4 heterocycles. The number of aryl methyl sites for hydroxylation is 2. The second-order valence-corrected chi connectivity index (χ2v) is 10.6. The molecule has 4 aromatic rings. The number of hydrogen-bond donors (Lipinski definition) is 2. The maximum absolute atomic E-state index is 13.4. The number of fused-ring (bicyclic) bond motifs is 2. The molecule has 2 atom stereocenters. The third-order valence-corrected chi connectivity index (χ3v) is 7.64. The minimum Gasteiger partial charge on any atom is -0.466 e. The fourth-order valence-corrected chi connectivity index (χ4v) is 5.85. The number of nitrogens with one attached hydrogen (secondary N) is 2. The van der Waals surface area contributed by atoms with E-state index in [1.54, 1.807) is 30.0 Å². The minimum atomic E-state index is -0.469. The molecule has 2 aromatic carbocycles. The lowest BCUT2D eigenvalue weighted by Crippen LogP contribution is -2.54. The van der Waals surface area contributed by atoms with Crippen LogP contribution in [0.3, 0.4) is 0 Å². The van der Waals surface area contributed by atoms with Crippen molar-refractivity contribution in [3.05, 3.63) is 70.5 Å². The highest BCUT2D eigenvalue weighted by Gasteiger charge is 2.42. The van der Waals surface area contributed by atoms with Gasteiger partial charge in [0.05, 0.1) is 18.2 Å². The number of aromatic nitrogens is 5. The SMILES string of the molecule is CCOC(=O)[C@H]1CN(C(=O)c2ccc3n[nH]nc3c2)CC[C@@H]1N1Cc2cnc(Nc3cc(C)cc(C)c3)nc2C1. The van der Waals surface area contributed by atoms with Crippen molar-refractivity contribution in [2.24, 2.45) is 5.92 Å². The van der Waals surface area contributed by atoms with Crippen molar-refractivity contribution >= 4 is 34.5 Å². The largest absolute Gasteiger partial charge is 0.466 e. The van der Waals surface area contributed by atoms with Crippen LogP contribution in [0.1, 0.15) is 46.1 Å². The fraction of sp³-hybridized carbons (Fsp3) is 0.379. The summed E-state index contributed by atoms with van der Waals surface area (Å²) >= 11 is 0. The molecule has 2 aliphatic rings. The lowest BCUT2D eigenvalue weighted by Gasteiger charge is -2.41. The smallest absolute Gasteiger partial charge is 0.312 e. The van der Waals surface area contributed by atoms with Crippen LogP contribution >= 0.6 is 0 Å². The van der Waals surface area contributed by atoms with E-state index in [1.807, 2.05) is 6.20 Å². The number of carbonyl (C=O) groups is 2. The summed E-state index contributed by atoms with van der Waals surface area (Å²) in [5, 5.41) is 14.0. The first kappa shape index (κ1) is 25.9. The lowest BCUT2D eigenvalue weighted by atomic mass is 9.90. The van der Waals surface area contributed by atoms with Crippen molar-refractivity contribution in [1.29, 1.82) is 0 Å². The number of aromatic amines is 1. The van der Waals surface area contributed by atoms with Gasteiger partial charge in [-0.3, -0.25) is 14.5 Å². The number of piperidine rings is 1. The fourth-order valence-electron chi connectivity index (χ4n) is 5.85. The van der Waals surface area contributed by atoms with E-state index in [2.05, 4.69) is 62.7 Å². The molecular weight excluding hydrogens is 508 g/mol. The minimum absolute atomic E-state index is 0.0776. The van der Waals surface area contributed by atoms with Gasteiger partial charge in [-0.2, -0.15) is 15.4 Å². The lowest BCUT2D eigenvalue weighted by molar-refractivity contribution is -0.152. The molecule has 2 aliphatic heterocycles. The molecule has 11 heteroatoms. The standard InChI is InChI=1S/C29H32N8O3/c1-4-40-28(39)22-15-36(27(38)19-5-6-23-24(12-19)34-35-33-23)8-7-26(22)37-14-20-13-30-29(32-25(20)16-37)31-21-10-17(2)9-18(3)11-21/h5-6,9-13,22,26H,4,7-8,14-16H2,1-3H3,(H,30,31,32)(H,33,34,35)/t22-,26-/m0/s1. The van der Waals surface area contributed by atoms with Crippen molar-refractivity contribution in [2.45, 2.75) is 46.3 Å². The number of rotatable bonds is 6. The Labute approximate surface area is 231 Å². The summed E-state index contributed by atoms with van der Waals surface area (Å²) in [5.74, 6) is -0.327. The molecule has 0 unspecified atom stereocenters. The topological polar surface area (TPSA) is 129 Å². The summed E-state index contributed by atoms with van der Waals surface area (Å²) in [4.78, 5) is 39.9.